The second-order valence-corrected chi connectivity index (χ2v) is 22.8. The van der Waals surface area contributed by atoms with Crippen LogP contribution in [-0.4, -0.2) is 118 Å². The Balaban J connectivity index is 2.14. The van der Waals surface area contributed by atoms with Crippen molar-refractivity contribution in [3.05, 3.63) is 47.5 Å². The van der Waals surface area contributed by atoms with Crippen LogP contribution in [0.5, 0.6) is 0 Å². The minimum absolute atomic E-state index is 0.0958. The third-order valence-electron chi connectivity index (χ3n) is 12.2. The Morgan fingerprint density at radius 2 is 1.66 bits per heavy atom. The molecule has 316 valence electrons. The Hall–Kier alpha value is -2.78. The molecule has 11 atom stereocenters. The highest BCUT2D eigenvalue weighted by Crippen LogP contribution is 2.40. The number of carbonyl (C=O) groups excluding carboxylic acids is 4. The Morgan fingerprint density at radius 3 is 2.20 bits per heavy atom. The van der Waals surface area contributed by atoms with Crippen LogP contribution in [-0.2, 0) is 42.5 Å². The van der Waals surface area contributed by atoms with Crippen LogP contribution < -0.4 is 0 Å². The minimum Gasteiger partial charge on any atom is -0.458 e. The van der Waals surface area contributed by atoms with Gasteiger partial charge in [-0.05, 0) is 103 Å². The lowest BCUT2D eigenvalue weighted by atomic mass is 9.77. The lowest BCUT2D eigenvalue weighted by molar-refractivity contribution is -0.294. The number of ether oxygens (including phenoxy) is 5. The second kappa shape index (κ2) is 18.9. The quantitative estimate of drug-likeness (QED) is 0.156. The lowest BCUT2D eigenvalue weighted by Crippen LogP contribution is -2.60. The molecule has 1 unspecified atom stereocenters. The van der Waals surface area contributed by atoms with Crippen molar-refractivity contribution in [1.82, 2.24) is 4.90 Å². The van der Waals surface area contributed by atoms with E-state index in [1.165, 1.54) is 20.1 Å². The van der Waals surface area contributed by atoms with Gasteiger partial charge in [-0.1, -0.05) is 59.7 Å². The zero-order valence-electron chi connectivity index (χ0n) is 36.5. The molecule has 3 rings (SSSR count). The van der Waals surface area contributed by atoms with E-state index in [9.17, 15) is 24.3 Å². The number of allylic oxidation sites excluding steroid dienone is 1. The highest BCUT2D eigenvalue weighted by molar-refractivity contribution is 6.74. The fourth-order valence-corrected chi connectivity index (χ4v) is 8.52. The van der Waals surface area contributed by atoms with E-state index in [2.05, 4.69) is 33.9 Å². The molecule has 56 heavy (non-hydrogen) atoms. The highest BCUT2D eigenvalue weighted by atomic mass is 28.4. The van der Waals surface area contributed by atoms with Crippen LogP contribution in [0, 0.1) is 17.8 Å². The zero-order chi connectivity index (χ0) is 42.6. The van der Waals surface area contributed by atoms with Gasteiger partial charge in [0.2, 0.25) is 0 Å². The molecule has 0 aliphatic carbocycles. The number of ketones is 2. The summed E-state index contributed by atoms with van der Waals surface area (Å²) in [6, 6.07) is 8.31. The Bertz CT molecular complexity index is 1560. The second-order valence-electron chi connectivity index (χ2n) is 18.0. The minimum atomic E-state index is -2.40. The van der Waals surface area contributed by atoms with Crippen molar-refractivity contribution in [3.63, 3.8) is 0 Å². The van der Waals surface area contributed by atoms with Crippen molar-refractivity contribution in [3.8, 4) is 0 Å². The van der Waals surface area contributed by atoms with Crippen LogP contribution in [0.2, 0.25) is 18.1 Å². The van der Waals surface area contributed by atoms with Gasteiger partial charge in [-0.2, -0.15) is 0 Å². The number of carbonyl (C=O) groups is 4. The number of aliphatic hydroxyl groups is 1. The molecule has 0 bridgehead atoms. The summed E-state index contributed by atoms with van der Waals surface area (Å²) >= 11 is 0. The van der Waals surface area contributed by atoms with E-state index < -0.39 is 79.6 Å². The van der Waals surface area contributed by atoms with Crippen molar-refractivity contribution in [2.24, 2.45) is 17.8 Å². The fraction of sp³-hybridized carbons (Fsp3) is 0.721. The number of hydrogen-bond acceptors (Lipinski definition) is 12. The SMILES string of the molecule is CC[C@H]1OC(=O)[C@H](C)C(=O)[C@H](C)[C@@H](OC2O[C@H](C)C[C@H](N(C)C)[C@H]2OC(=O)c2ccccc2)[C@@](C)(OC)C[C@@H](C)C(=O)C(C)=C[C@@]1(O)CO[Si](C)(C)C(C)(C)C. The molecular weight excluding hydrogens is 735 g/mol. The van der Waals surface area contributed by atoms with Gasteiger partial charge < -0.3 is 38.1 Å². The molecule has 12 nitrogen and oxygen atoms in total. The summed E-state index contributed by atoms with van der Waals surface area (Å²) < 4.78 is 38.0. The predicted molar refractivity (Wildman–Crippen MR) is 217 cm³/mol. The molecular formula is C43H69NO11Si. The first-order valence-corrected chi connectivity index (χ1v) is 22.9. The Morgan fingerprint density at radius 1 is 1.05 bits per heavy atom. The molecule has 0 aromatic heterocycles. The van der Waals surface area contributed by atoms with E-state index >= 15 is 0 Å². The maximum absolute atomic E-state index is 14.5. The maximum Gasteiger partial charge on any atom is 0.338 e. The number of nitrogens with zero attached hydrogens (tertiary/aromatic N) is 1. The summed E-state index contributed by atoms with van der Waals surface area (Å²) in [6.45, 7) is 22.1. The average molecular weight is 804 g/mol. The first-order valence-electron chi connectivity index (χ1n) is 19.9. The third-order valence-corrected chi connectivity index (χ3v) is 16.7. The third kappa shape index (κ3) is 11.0. The maximum atomic E-state index is 14.5. The van der Waals surface area contributed by atoms with Crippen molar-refractivity contribution < 1.29 is 52.4 Å². The van der Waals surface area contributed by atoms with Gasteiger partial charge >= 0.3 is 11.9 Å². The van der Waals surface area contributed by atoms with Crippen LogP contribution in [0.3, 0.4) is 0 Å². The molecule has 0 amide bonds. The summed E-state index contributed by atoms with van der Waals surface area (Å²) in [5.41, 5.74) is -2.54. The molecule has 1 fully saturated rings. The molecule has 0 radical (unpaired) electrons. The van der Waals surface area contributed by atoms with Crippen LogP contribution >= 0.6 is 0 Å². The van der Waals surface area contributed by atoms with Crippen LogP contribution in [0.15, 0.2) is 42.0 Å². The molecule has 1 aromatic carbocycles. The van der Waals surface area contributed by atoms with Crippen LogP contribution in [0.4, 0.5) is 0 Å². The van der Waals surface area contributed by atoms with Crippen molar-refractivity contribution in [2.75, 3.05) is 27.8 Å². The Kier molecular flexibility index (Phi) is 16.0. The van der Waals surface area contributed by atoms with Gasteiger partial charge in [0.05, 0.1) is 36.0 Å². The van der Waals surface area contributed by atoms with Gasteiger partial charge in [0.25, 0.3) is 0 Å². The van der Waals surface area contributed by atoms with E-state index in [0.29, 0.717) is 12.0 Å². The normalized spacial score (nSPS) is 34.4. The van der Waals surface area contributed by atoms with Crippen molar-refractivity contribution in [1.29, 1.82) is 0 Å². The summed E-state index contributed by atoms with van der Waals surface area (Å²) in [7, 11) is 2.85. The highest BCUT2D eigenvalue weighted by Gasteiger charge is 2.51. The molecule has 1 N–H and O–H groups in total. The first-order chi connectivity index (χ1) is 25.8. The van der Waals surface area contributed by atoms with E-state index in [0.717, 1.165) is 0 Å². The molecule has 0 spiro atoms. The van der Waals surface area contributed by atoms with Gasteiger partial charge in [0.1, 0.15) is 17.6 Å². The van der Waals surface area contributed by atoms with E-state index in [4.69, 9.17) is 28.1 Å². The summed E-state index contributed by atoms with van der Waals surface area (Å²) in [4.78, 5) is 58.0. The number of likely N-dealkylation sites (N-methyl/N-ethyl adjacent to an activating group) is 1. The van der Waals surface area contributed by atoms with Crippen LogP contribution in [0.1, 0.15) is 98.9 Å². The number of hydrogen-bond donors (Lipinski definition) is 1. The van der Waals surface area contributed by atoms with E-state index in [1.54, 1.807) is 65.0 Å². The van der Waals surface area contributed by atoms with Gasteiger partial charge in [-0.3, -0.25) is 14.4 Å². The molecule has 2 aliphatic rings. The number of benzene rings is 1. The number of Topliss-reactive ketones (excluding diaryl/α,β-unsaturated/α-hetero) is 2. The summed E-state index contributed by atoms with van der Waals surface area (Å²) in [5.74, 6) is -5.10. The molecule has 1 saturated heterocycles. The summed E-state index contributed by atoms with van der Waals surface area (Å²) in [6.07, 6.45) is -2.34. The first kappa shape index (κ1) is 47.6. The average Bonchev–Trinajstić information content (AvgIpc) is 3.13. The number of esters is 2. The smallest absolute Gasteiger partial charge is 0.338 e. The standard InChI is InChI=1S/C43H69NO11Si/c1-16-33-43(49,25-51-56(14,15)41(7,8)9)24-27(3)34(45)26(2)23-42(10,50-13)37(29(5)35(46)30(6)38(47)53-33)55-40-36(32(44(11)12)22-28(4)52-40)54-39(48)31-20-18-17-19-21-31/h17-21,24,26,28-30,32-33,36-37,40,49H,16,22-23,25H2,1-15H3/t26-,28-,29+,30-,32+,33-,36-,37-,40?,42+,43-/m1/s1. The monoisotopic (exact) mass is 803 g/mol. The molecule has 2 aliphatic heterocycles. The van der Waals surface area contributed by atoms with Crippen LogP contribution in [0.25, 0.3) is 0 Å². The predicted octanol–water partition coefficient (Wildman–Crippen LogP) is 6.54. The fourth-order valence-electron chi connectivity index (χ4n) is 7.50. The van der Waals surface area contributed by atoms with E-state index in [-0.39, 0.29) is 48.0 Å². The molecule has 13 heteroatoms. The topological polar surface area (TPSA) is 147 Å². The number of rotatable bonds is 10. The molecule has 2 heterocycles. The lowest BCUT2D eigenvalue weighted by Gasteiger charge is -2.47. The number of methoxy groups -OCH3 is 1. The van der Waals surface area contributed by atoms with Gasteiger partial charge in [0, 0.05) is 18.9 Å². The van der Waals surface area contributed by atoms with Crippen molar-refractivity contribution in [2.45, 2.75) is 155 Å². The molecule has 0 saturated carbocycles. The zero-order valence-corrected chi connectivity index (χ0v) is 37.5. The summed E-state index contributed by atoms with van der Waals surface area (Å²) in [5, 5.41) is 12.1. The Labute approximate surface area is 336 Å². The molecule has 1 aromatic rings. The van der Waals surface area contributed by atoms with Gasteiger partial charge in [-0.15, -0.1) is 0 Å². The largest absolute Gasteiger partial charge is 0.458 e. The van der Waals surface area contributed by atoms with Gasteiger partial charge in [0.15, 0.2) is 32.3 Å². The van der Waals surface area contributed by atoms with Gasteiger partial charge in [-0.25, -0.2) is 4.79 Å². The van der Waals surface area contributed by atoms with Crippen molar-refractivity contribution >= 4 is 31.8 Å². The van der Waals surface area contributed by atoms with E-state index in [1.807, 2.05) is 25.9 Å². The number of cyclic esters (lactones) is 1.